The minimum Gasteiger partial charge on any atom is -0.378 e. The molecule has 2 aromatic rings. The lowest BCUT2D eigenvalue weighted by Gasteiger charge is -2.10. The smallest absolute Gasteiger partial charge is 0.227 e. The zero-order valence-electron chi connectivity index (χ0n) is 12.9. The van der Waals surface area contributed by atoms with Gasteiger partial charge in [-0.2, -0.15) is 5.10 Å². The van der Waals surface area contributed by atoms with E-state index >= 15 is 0 Å². The Kier molecular flexibility index (Phi) is 4.20. The molecule has 0 aliphatic carbocycles. The van der Waals surface area contributed by atoms with E-state index in [1.54, 1.807) is 10.9 Å². The van der Waals surface area contributed by atoms with Crippen LogP contribution in [0, 0.1) is 13.8 Å². The monoisotopic (exact) mass is 300 g/mol. The summed E-state index contributed by atoms with van der Waals surface area (Å²) in [6.45, 7) is 4.69. The maximum Gasteiger partial charge on any atom is 0.227 e. The van der Waals surface area contributed by atoms with Gasteiger partial charge in [-0.1, -0.05) is 0 Å². The van der Waals surface area contributed by atoms with Gasteiger partial charge in [0.15, 0.2) is 5.82 Å². The average Bonchev–Trinajstić information content (AvgIpc) is 3.09. The summed E-state index contributed by atoms with van der Waals surface area (Å²) in [6.07, 6.45) is 4.11. The number of carbonyl (C=O) groups excluding carboxylic acids is 1. The van der Waals surface area contributed by atoms with Gasteiger partial charge in [0, 0.05) is 12.3 Å². The molecule has 1 aliphatic heterocycles. The zero-order valence-corrected chi connectivity index (χ0v) is 12.9. The molecule has 6 heteroatoms. The Hall–Kier alpha value is -2.21. The minimum atomic E-state index is -0.0347. The molecule has 116 valence electrons. The number of aryl methyl sites for hydroxylation is 2. The second kappa shape index (κ2) is 6.27. The third-order valence-corrected chi connectivity index (χ3v) is 3.70. The predicted molar refractivity (Wildman–Crippen MR) is 83.1 cm³/mol. The molecule has 1 unspecified atom stereocenters. The van der Waals surface area contributed by atoms with Crippen LogP contribution in [0.1, 0.15) is 30.7 Å². The molecule has 0 saturated carbocycles. The molecule has 0 radical (unpaired) electrons. The highest BCUT2D eigenvalue weighted by Gasteiger charge is 2.19. The topological polar surface area (TPSA) is 69.0 Å². The van der Waals surface area contributed by atoms with Crippen LogP contribution in [-0.4, -0.2) is 33.4 Å². The predicted octanol–water partition coefficient (Wildman–Crippen LogP) is 2.39. The molecule has 1 amide bonds. The van der Waals surface area contributed by atoms with Crippen LogP contribution >= 0.6 is 0 Å². The van der Waals surface area contributed by atoms with E-state index in [1.807, 2.05) is 32.0 Å². The van der Waals surface area contributed by atoms with Gasteiger partial charge in [-0.15, -0.1) is 0 Å². The molecule has 3 heterocycles. The van der Waals surface area contributed by atoms with Crippen molar-refractivity contribution in [1.29, 1.82) is 0 Å². The molecular formula is C16H20N4O2. The largest absolute Gasteiger partial charge is 0.378 e. The third-order valence-electron chi connectivity index (χ3n) is 3.70. The van der Waals surface area contributed by atoms with Gasteiger partial charge in [-0.25, -0.2) is 9.67 Å². The number of ether oxygens (including phenoxy) is 1. The van der Waals surface area contributed by atoms with Gasteiger partial charge < -0.3 is 10.1 Å². The summed E-state index contributed by atoms with van der Waals surface area (Å²) in [5, 5.41) is 7.25. The number of nitrogens with one attached hydrogen (secondary N) is 1. The van der Waals surface area contributed by atoms with Crippen LogP contribution in [0.4, 0.5) is 5.69 Å². The first kappa shape index (κ1) is 14.7. The average molecular weight is 300 g/mol. The summed E-state index contributed by atoms with van der Waals surface area (Å²) in [6, 6.07) is 5.69. The van der Waals surface area contributed by atoms with Crippen LogP contribution in [0.5, 0.6) is 0 Å². The van der Waals surface area contributed by atoms with Crippen molar-refractivity contribution in [1.82, 2.24) is 14.8 Å². The fourth-order valence-electron chi connectivity index (χ4n) is 2.67. The van der Waals surface area contributed by atoms with E-state index < -0.39 is 0 Å². The number of carbonyl (C=O) groups is 1. The quantitative estimate of drug-likeness (QED) is 0.941. The number of hydrogen-bond acceptors (Lipinski definition) is 4. The number of anilines is 1. The lowest BCUT2D eigenvalue weighted by atomic mass is 10.2. The zero-order chi connectivity index (χ0) is 15.5. The number of rotatable bonds is 4. The minimum absolute atomic E-state index is 0.0347. The Labute approximate surface area is 129 Å². The number of nitrogens with zero attached hydrogens (tertiary/aromatic N) is 3. The highest BCUT2D eigenvalue weighted by atomic mass is 16.5. The normalized spacial score (nSPS) is 17.6. The Balaban J connectivity index is 1.64. The van der Waals surface area contributed by atoms with Gasteiger partial charge in [0.2, 0.25) is 5.91 Å². The Morgan fingerprint density at radius 2 is 2.32 bits per heavy atom. The molecule has 6 nitrogen and oxygen atoms in total. The summed E-state index contributed by atoms with van der Waals surface area (Å²) < 4.78 is 7.25. The molecule has 3 rings (SSSR count). The Morgan fingerprint density at radius 1 is 1.45 bits per heavy atom. The first-order valence-electron chi connectivity index (χ1n) is 7.53. The number of aromatic nitrogens is 3. The van der Waals surface area contributed by atoms with Gasteiger partial charge in [0.25, 0.3) is 0 Å². The van der Waals surface area contributed by atoms with E-state index in [-0.39, 0.29) is 12.0 Å². The van der Waals surface area contributed by atoms with Gasteiger partial charge in [0.1, 0.15) is 0 Å². The Morgan fingerprint density at radius 3 is 2.91 bits per heavy atom. The van der Waals surface area contributed by atoms with Crippen molar-refractivity contribution in [2.75, 3.05) is 11.9 Å². The van der Waals surface area contributed by atoms with E-state index in [2.05, 4.69) is 15.4 Å². The van der Waals surface area contributed by atoms with Crippen molar-refractivity contribution in [2.24, 2.45) is 0 Å². The molecule has 0 aromatic carbocycles. The summed E-state index contributed by atoms with van der Waals surface area (Å²) in [4.78, 5) is 16.3. The van der Waals surface area contributed by atoms with Crippen LogP contribution in [0.25, 0.3) is 5.82 Å². The summed E-state index contributed by atoms with van der Waals surface area (Å²) in [5.74, 6) is 0.704. The molecular weight excluding hydrogens is 280 g/mol. The Bertz CT molecular complexity index is 657. The summed E-state index contributed by atoms with van der Waals surface area (Å²) in [5.41, 5.74) is 2.67. The summed E-state index contributed by atoms with van der Waals surface area (Å²) in [7, 11) is 0. The first-order chi connectivity index (χ1) is 10.6. The third kappa shape index (κ3) is 3.33. The summed E-state index contributed by atoms with van der Waals surface area (Å²) >= 11 is 0. The number of pyridine rings is 1. The first-order valence-corrected chi connectivity index (χ1v) is 7.53. The van der Waals surface area contributed by atoms with Gasteiger partial charge in [0.05, 0.1) is 30.1 Å². The molecule has 22 heavy (non-hydrogen) atoms. The van der Waals surface area contributed by atoms with E-state index in [4.69, 9.17) is 4.74 Å². The van der Waals surface area contributed by atoms with Gasteiger partial charge in [-0.05, 0) is 44.9 Å². The van der Waals surface area contributed by atoms with Crippen LogP contribution in [0.2, 0.25) is 0 Å². The van der Waals surface area contributed by atoms with E-state index in [0.717, 1.165) is 36.7 Å². The lowest BCUT2D eigenvalue weighted by molar-refractivity contribution is -0.118. The maximum absolute atomic E-state index is 11.9. The van der Waals surface area contributed by atoms with Crippen molar-refractivity contribution in [2.45, 2.75) is 39.2 Å². The molecule has 0 bridgehead atoms. The lowest BCUT2D eigenvalue weighted by Crippen LogP contribution is -2.19. The molecule has 1 N–H and O–H groups in total. The fraction of sp³-hybridized carbons (Fsp3) is 0.438. The van der Waals surface area contributed by atoms with Crippen molar-refractivity contribution in [3.8, 4) is 5.82 Å². The maximum atomic E-state index is 11.9. The van der Waals surface area contributed by atoms with Crippen LogP contribution in [0.3, 0.4) is 0 Å². The van der Waals surface area contributed by atoms with E-state index in [9.17, 15) is 4.79 Å². The molecule has 1 fully saturated rings. The van der Waals surface area contributed by atoms with E-state index in [1.165, 1.54) is 0 Å². The second-order valence-corrected chi connectivity index (χ2v) is 5.63. The molecule has 1 aliphatic rings. The second-order valence-electron chi connectivity index (χ2n) is 5.63. The highest BCUT2D eigenvalue weighted by Crippen LogP contribution is 2.17. The van der Waals surface area contributed by atoms with E-state index in [0.29, 0.717) is 12.1 Å². The van der Waals surface area contributed by atoms with Crippen LogP contribution in [-0.2, 0) is 9.53 Å². The SMILES string of the molecule is Cc1cc(C)n(-c2ccc(NC(=O)CC3CCCO3)cn2)n1. The standard InChI is InChI=1S/C16H20N4O2/c1-11-8-12(2)20(19-11)15-6-5-13(10-17-15)18-16(21)9-14-4-3-7-22-14/h5-6,8,10,14H,3-4,7,9H2,1-2H3,(H,18,21). The van der Waals surface area contributed by atoms with Crippen molar-refractivity contribution < 1.29 is 9.53 Å². The molecule has 1 atom stereocenters. The van der Waals surface area contributed by atoms with Crippen LogP contribution in [0.15, 0.2) is 24.4 Å². The molecule has 0 spiro atoms. The fourth-order valence-corrected chi connectivity index (χ4v) is 2.67. The number of hydrogen-bond donors (Lipinski definition) is 1. The highest BCUT2D eigenvalue weighted by molar-refractivity contribution is 5.90. The number of amides is 1. The van der Waals surface area contributed by atoms with Crippen molar-refractivity contribution in [3.05, 3.63) is 35.8 Å². The molecule has 1 saturated heterocycles. The van der Waals surface area contributed by atoms with Crippen molar-refractivity contribution in [3.63, 3.8) is 0 Å². The van der Waals surface area contributed by atoms with Crippen molar-refractivity contribution >= 4 is 11.6 Å². The van der Waals surface area contributed by atoms with Gasteiger partial charge in [-0.3, -0.25) is 4.79 Å². The van der Waals surface area contributed by atoms with Crippen LogP contribution < -0.4 is 5.32 Å². The molecule has 2 aromatic heterocycles. The van der Waals surface area contributed by atoms with Gasteiger partial charge >= 0.3 is 0 Å².